The quantitative estimate of drug-likeness (QED) is 0.309. The Labute approximate surface area is 221 Å². The maximum Gasteiger partial charge on any atom is 0.416 e. The van der Waals surface area contributed by atoms with E-state index in [-0.39, 0.29) is 6.61 Å². The number of carbonyl (C=O) groups is 1. The van der Waals surface area contributed by atoms with Crippen molar-refractivity contribution < 1.29 is 27.4 Å². The Morgan fingerprint density at radius 2 is 1.66 bits per heavy atom. The highest BCUT2D eigenvalue weighted by atomic mass is 19.4. The fraction of sp³-hybridized carbons (Fsp3) is 0.448. The van der Waals surface area contributed by atoms with Crippen LogP contribution >= 0.6 is 0 Å². The van der Waals surface area contributed by atoms with Crippen molar-refractivity contribution in [2.24, 2.45) is 12.8 Å². The first kappa shape index (κ1) is 29.2. The van der Waals surface area contributed by atoms with Crippen molar-refractivity contribution in [3.63, 3.8) is 0 Å². The normalized spacial score (nSPS) is 13.7. The van der Waals surface area contributed by atoms with Gasteiger partial charge in [-0.2, -0.15) is 18.3 Å². The number of alkyl halides is 3. The predicted octanol–water partition coefficient (Wildman–Crippen LogP) is 6.33. The molecule has 206 valence electrons. The van der Waals surface area contributed by atoms with Gasteiger partial charge in [0.25, 0.3) is 0 Å². The second kappa shape index (κ2) is 11.2. The summed E-state index contributed by atoms with van der Waals surface area (Å²) >= 11 is 0. The molecule has 0 radical (unpaired) electrons. The van der Waals surface area contributed by atoms with E-state index in [1.165, 1.54) is 12.1 Å². The van der Waals surface area contributed by atoms with Crippen LogP contribution in [0.1, 0.15) is 62.9 Å². The zero-order chi connectivity index (χ0) is 28.3. The number of carbonyl (C=O) groups excluding carboxylic acids is 1. The third-order valence-electron chi connectivity index (χ3n) is 6.56. The molecule has 0 aliphatic heterocycles. The highest BCUT2D eigenvalue weighted by Crippen LogP contribution is 2.34. The number of nitrogens with two attached hydrogens (primary N) is 1. The monoisotopic (exact) mass is 531 g/mol. The summed E-state index contributed by atoms with van der Waals surface area (Å²) in [6.45, 7) is 9.31. The molecule has 2 aromatic carbocycles. The fourth-order valence-corrected chi connectivity index (χ4v) is 4.44. The van der Waals surface area contributed by atoms with Gasteiger partial charge in [0.2, 0.25) is 0 Å². The molecule has 1 aromatic heterocycles. The van der Waals surface area contributed by atoms with Crippen molar-refractivity contribution in [1.82, 2.24) is 9.78 Å². The van der Waals surface area contributed by atoms with Gasteiger partial charge in [0, 0.05) is 30.3 Å². The summed E-state index contributed by atoms with van der Waals surface area (Å²) in [6, 6.07) is 12.5. The molecule has 0 saturated carbocycles. The molecular weight excluding hydrogens is 495 g/mol. The van der Waals surface area contributed by atoms with E-state index < -0.39 is 28.8 Å². The number of hydrogen-bond donors (Lipinski definition) is 1. The molecule has 0 fully saturated rings. The van der Waals surface area contributed by atoms with E-state index in [0.29, 0.717) is 29.8 Å². The number of nitrogens with zero attached hydrogens (tertiary/aromatic N) is 2. The van der Waals surface area contributed by atoms with E-state index in [4.69, 9.17) is 15.2 Å². The van der Waals surface area contributed by atoms with Gasteiger partial charge in [-0.05, 0) is 69.5 Å². The van der Waals surface area contributed by atoms with Crippen LogP contribution in [-0.2, 0) is 34.7 Å². The number of halogens is 3. The molecule has 2 N–H and O–H groups in total. The van der Waals surface area contributed by atoms with Gasteiger partial charge in [-0.15, -0.1) is 0 Å². The van der Waals surface area contributed by atoms with E-state index in [2.05, 4.69) is 12.0 Å². The van der Waals surface area contributed by atoms with E-state index in [1.54, 1.807) is 32.5 Å². The van der Waals surface area contributed by atoms with E-state index in [1.807, 2.05) is 31.2 Å². The number of ether oxygens (including phenoxy) is 2. The lowest BCUT2D eigenvalue weighted by atomic mass is 9.81. The van der Waals surface area contributed by atoms with Gasteiger partial charge in [-0.25, -0.2) is 4.79 Å². The van der Waals surface area contributed by atoms with Gasteiger partial charge in [0.05, 0.1) is 17.9 Å². The van der Waals surface area contributed by atoms with Crippen LogP contribution in [0, 0.1) is 6.92 Å². The van der Waals surface area contributed by atoms with Crippen molar-refractivity contribution in [3.05, 3.63) is 70.9 Å². The molecule has 1 atom stereocenters. The average Bonchev–Trinajstić information content (AvgIpc) is 3.19. The van der Waals surface area contributed by atoms with Crippen LogP contribution in [0.3, 0.4) is 0 Å². The Morgan fingerprint density at radius 1 is 1.03 bits per heavy atom. The van der Waals surface area contributed by atoms with E-state index in [0.717, 1.165) is 35.4 Å². The minimum atomic E-state index is -4.39. The van der Waals surface area contributed by atoms with Gasteiger partial charge < -0.3 is 15.2 Å². The van der Waals surface area contributed by atoms with E-state index in [9.17, 15) is 18.0 Å². The predicted molar refractivity (Wildman–Crippen MR) is 141 cm³/mol. The summed E-state index contributed by atoms with van der Waals surface area (Å²) in [6.07, 6.45) is -2.38. The lowest BCUT2D eigenvalue weighted by molar-refractivity contribution is -0.158. The van der Waals surface area contributed by atoms with E-state index >= 15 is 0 Å². The molecule has 9 heteroatoms. The first-order valence-electron chi connectivity index (χ1n) is 12.7. The summed E-state index contributed by atoms with van der Waals surface area (Å²) in [5, 5.41) is 4.53. The summed E-state index contributed by atoms with van der Waals surface area (Å²) in [5.41, 5.74) is 8.22. The average molecular weight is 532 g/mol. The Bertz CT molecular complexity index is 1270. The third-order valence-corrected chi connectivity index (χ3v) is 6.56. The number of aryl methyl sites for hydroxylation is 2. The number of rotatable bonds is 10. The molecule has 6 nitrogen and oxygen atoms in total. The van der Waals surface area contributed by atoms with Crippen LogP contribution in [-0.4, -0.2) is 28.0 Å². The van der Waals surface area contributed by atoms with Crippen molar-refractivity contribution in [3.8, 4) is 17.0 Å². The molecule has 0 bridgehead atoms. The number of esters is 1. The third kappa shape index (κ3) is 6.56. The van der Waals surface area contributed by atoms with Crippen LogP contribution in [0.15, 0.2) is 48.5 Å². The second-order valence-electron chi connectivity index (χ2n) is 10.1. The Balaban J connectivity index is 1.87. The molecule has 3 aromatic rings. The molecule has 0 spiro atoms. The van der Waals surface area contributed by atoms with Crippen molar-refractivity contribution >= 4 is 5.97 Å². The van der Waals surface area contributed by atoms with Gasteiger partial charge in [0.15, 0.2) is 5.60 Å². The topological polar surface area (TPSA) is 79.4 Å². The minimum absolute atomic E-state index is 0.269. The standard InChI is InChI=1S/C29H36F3N3O3/c1-7-15-28(33,22-13-14-25(19(3)16-22)38-27(4,5)26(36)37-8-2)18-23-17-24(34-35(23)6)20-9-11-21(12-10-20)29(30,31)32/h9-14,16-17H,7-8,15,18,33H2,1-6H3. The van der Waals surface area contributed by atoms with Crippen LogP contribution in [0.4, 0.5) is 13.2 Å². The SMILES string of the molecule is CCCC(N)(Cc1cc(-c2ccc(C(F)(F)F)cc2)nn1C)c1ccc(OC(C)(C)C(=O)OCC)c(C)c1. The van der Waals surface area contributed by atoms with Crippen LogP contribution in [0.2, 0.25) is 0 Å². The maximum absolute atomic E-state index is 12.9. The summed E-state index contributed by atoms with van der Waals surface area (Å²) in [7, 11) is 1.80. The van der Waals surface area contributed by atoms with Gasteiger partial charge in [-0.1, -0.05) is 37.6 Å². The van der Waals surface area contributed by atoms with Crippen molar-refractivity contribution in [1.29, 1.82) is 0 Å². The summed E-state index contributed by atoms with van der Waals surface area (Å²) in [5.74, 6) is 0.124. The highest BCUT2D eigenvalue weighted by Gasteiger charge is 2.34. The van der Waals surface area contributed by atoms with Crippen LogP contribution < -0.4 is 10.5 Å². The largest absolute Gasteiger partial charge is 0.476 e. The molecule has 0 saturated heterocycles. The van der Waals surface area contributed by atoms with Crippen molar-refractivity contribution in [2.75, 3.05) is 6.61 Å². The summed E-state index contributed by atoms with van der Waals surface area (Å²) < 4.78 is 51.7. The lowest BCUT2D eigenvalue weighted by Gasteiger charge is -2.31. The van der Waals surface area contributed by atoms with Crippen LogP contribution in [0.5, 0.6) is 5.75 Å². The Kier molecular flexibility index (Phi) is 8.61. The van der Waals surface area contributed by atoms with Crippen LogP contribution in [0.25, 0.3) is 11.3 Å². The smallest absolute Gasteiger partial charge is 0.416 e. The fourth-order valence-electron chi connectivity index (χ4n) is 4.44. The Morgan fingerprint density at radius 3 is 2.21 bits per heavy atom. The molecule has 1 heterocycles. The first-order valence-corrected chi connectivity index (χ1v) is 12.7. The molecular formula is C29H36F3N3O3. The molecule has 0 amide bonds. The number of benzene rings is 2. The maximum atomic E-state index is 12.9. The van der Waals surface area contributed by atoms with Gasteiger partial charge in [-0.3, -0.25) is 4.68 Å². The van der Waals surface area contributed by atoms with Gasteiger partial charge >= 0.3 is 12.1 Å². The summed E-state index contributed by atoms with van der Waals surface area (Å²) in [4.78, 5) is 12.3. The molecule has 3 rings (SSSR count). The lowest BCUT2D eigenvalue weighted by Crippen LogP contribution is -2.40. The molecule has 1 unspecified atom stereocenters. The zero-order valence-electron chi connectivity index (χ0n) is 22.8. The zero-order valence-corrected chi connectivity index (χ0v) is 22.8. The number of aromatic nitrogens is 2. The Hall–Kier alpha value is -3.33. The minimum Gasteiger partial charge on any atom is -0.476 e. The number of hydrogen-bond acceptors (Lipinski definition) is 5. The highest BCUT2D eigenvalue weighted by molar-refractivity contribution is 5.79. The molecule has 38 heavy (non-hydrogen) atoms. The van der Waals surface area contributed by atoms with Crippen molar-refractivity contribution in [2.45, 2.75) is 71.2 Å². The molecule has 0 aliphatic carbocycles. The second-order valence-corrected chi connectivity index (χ2v) is 10.1. The first-order chi connectivity index (χ1) is 17.7. The molecule has 0 aliphatic rings. The van der Waals surface area contributed by atoms with Gasteiger partial charge in [0.1, 0.15) is 5.75 Å².